The molecule has 3 aliphatic heterocycles. The van der Waals surface area contributed by atoms with Gasteiger partial charge < -0.3 is 34.0 Å². The van der Waals surface area contributed by atoms with E-state index >= 15 is 0 Å². The Hall–Kier alpha value is -3.77. The molecule has 4 aliphatic rings. The number of alkyl halides is 2. The van der Waals surface area contributed by atoms with Gasteiger partial charge in [-0.05, 0) is 68.9 Å². The van der Waals surface area contributed by atoms with E-state index in [0.29, 0.717) is 23.9 Å². The highest BCUT2D eigenvalue weighted by Gasteiger charge is 2.49. The van der Waals surface area contributed by atoms with E-state index in [2.05, 4.69) is 15.0 Å². The quantitative estimate of drug-likeness (QED) is 0.397. The topological polar surface area (TPSA) is 129 Å². The summed E-state index contributed by atoms with van der Waals surface area (Å²) in [6.45, 7) is 9.34. The molecule has 0 spiro atoms. The minimum Gasteiger partial charge on any atom is -0.471 e. The Bertz CT molecular complexity index is 1530. The first-order chi connectivity index (χ1) is 21.7. The molecule has 250 valence electrons. The number of aromatic nitrogens is 2. The number of nitrogens with zero attached hydrogens (tertiary/aromatic N) is 3. The summed E-state index contributed by atoms with van der Waals surface area (Å²) in [6.07, 6.45) is 2.14. The van der Waals surface area contributed by atoms with Crippen LogP contribution in [0.3, 0.4) is 0 Å². The van der Waals surface area contributed by atoms with E-state index in [1.54, 1.807) is 13.0 Å². The predicted octanol–water partition coefficient (Wildman–Crippen LogP) is 5.56. The van der Waals surface area contributed by atoms with E-state index in [1.807, 2.05) is 27.7 Å². The van der Waals surface area contributed by atoms with Crippen LogP contribution in [0.15, 0.2) is 12.1 Å². The fourth-order valence-electron chi connectivity index (χ4n) is 7.34. The molecule has 1 saturated heterocycles. The lowest BCUT2D eigenvalue weighted by Crippen LogP contribution is -2.57. The molecule has 2 aromatic rings. The van der Waals surface area contributed by atoms with Crippen LogP contribution in [0.1, 0.15) is 85.3 Å². The lowest BCUT2D eigenvalue weighted by Gasteiger charge is -2.37. The minimum atomic E-state index is -3.84. The Balaban J connectivity index is 1.38. The van der Waals surface area contributed by atoms with E-state index in [0.717, 1.165) is 44.9 Å². The molecule has 1 N–H and O–H groups in total. The predicted molar refractivity (Wildman–Crippen MR) is 162 cm³/mol. The summed E-state index contributed by atoms with van der Waals surface area (Å²) < 4.78 is 49.9. The standard InChI is InChI=1S/C33H42F2N4O7/c1-18-22(17-40)39-16-24(18)43-28-21(36-20-13-14-23-26(25(20)37-28)45-33(34,35)44-23)12-8-6-7-10-19-11-9-15-32(19,5)46-30(42)38-27(29(39)41)31(2,3)4/h13-14,17-19,22,24,27H,6-12,15-16H2,1-5H3,(H,38,42)/t18-,19+,22+,24-,27+,32+/m0/s1. The average molecular weight is 645 g/mol. The van der Waals surface area contributed by atoms with Crippen molar-refractivity contribution in [3.63, 3.8) is 0 Å². The smallest absolute Gasteiger partial charge is 0.471 e. The van der Waals surface area contributed by atoms with E-state index in [1.165, 1.54) is 11.0 Å². The van der Waals surface area contributed by atoms with Crippen molar-refractivity contribution in [1.82, 2.24) is 20.2 Å². The van der Waals surface area contributed by atoms with Crippen LogP contribution in [-0.2, 0) is 20.7 Å². The maximum absolute atomic E-state index is 14.1. The van der Waals surface area contributed by atoms with Crippen molar-refractivity contribution >= 4 is 29.3 Å². The number of aryl methyl sites for hydroxylation is 1. The van der Waals surface area contributed by atoms with Gasteiger partial charge in [0.1, 0.15) is 35.2 Å². The lowest BCUT2D eigenvalue weighted by molar-refractivity contribution is -0.286. The second kappa shape index (κ2) is 11.8. The van der Waals surface area contributed by atoms with Crippen LogP contribution >= 0.6 is 0 Å². The van der Waals surface area contributed by atoms with Gasteiger partial charge in [-0.3, -0.25) is 4.79 Å². The van der Waals surface area contributed by atoms with Gasteiger partial charge in [-0.25, -0.2) is 14.8 Å². The Morgan fingerprint density at radius 3 is 2.54 bits per heavy atom. The van der Waals surface area contributed by atoms with E-state index < -0.39 is 53.4 Å². The van der Waals surface area contributed by atoms with Crippen molar-refractivity contribution in [2.45, 2.75) is 116 Å². The third-order valence-electron chi connectivity index (χ3n) is 10.0. The van der Waals surface area contributed by atoms with E-state index in [4.69, 9.17) is 19.2 Å². The van der Waals surface area contributed by atoms with Crippen LogP contribution in [0.4, 0.5) is 13.6 Å². The first-order valence-corrected chi connectivity index (χ1v) is 16.2. The Kier molecular flexibility index (Phi) is 8.25. The van der Waals surface area contributed by atoms with Gasteiger partial charge in [0.25, 0.3) is 0 Å². The second-order valence-corrected chi connectivity index (χ2v) is 14.4. The van der Waals surface area contributed by atoms with E-state index in [9.17, 15) is 23.2 Å². The summed E-state index contributed by atoms with van der Waals surface area (Å²) in [5, 5.41) is 2.84. The van der Waals surface area contributed by atoms with Crippen LogP contribution in [0.5, 0.6) is 17.4 Å². The number of alkyl carbamates (subject to hydrolysis) is 1. The van der Waals surface area contributed by atoms with Gasteiger partial charge in [-0.2, -0.15) is 0 Å². The summed E-state index contributed by atoms with van der Waals surface area (Å²) in [4.78, 5) is 50.7. The van der Waals surface area contributed by atoms with Gasteiger partial charge in [-0.1, -0.05) is 40.5 Å². The number of ether oxygens (including phenoxy) is 4. The van der Waals surface area contributed by atoms with Gasteiger partial charge in [-0.15, -0.1) is 8.78 Å². The molecule has 0 radical (unpaired) electrons. The molecule has 2 bridgehead atoms. The largest absolute Gasteiger partial charge is 0.586 e. The minimum absolute atomic E-state index is 0.0379. The molecule has 1 aromatic carbocycles. The normalized spacial score (nSPS) is 31.6. The number of hydrogen-bond acceptors (Lipinski definition) is 9. The maximum Gasteiger partial charge on any atom is 0.586 e. The van der Waals surface area contributed by atoms with Gasteiger partial charge >= 0.3 is 12.4 Å². The second-order valence-electron chi connectivity index (χ2n) is 14.4. The maximum atomic E-state index is 14.1. The Labute approximate surface area is 266 Å². The SMILES string of the molecule is C[C@@H]1[C@@H]2CN(C(=O)[C@H](C(C)(C)C)NC(=O)O[C@]3(C)CCC[C@H]3CCCCCc3nc4ccc5c(c4nc3O2)OC(F)(F)O5)[C@@H]1C=O. The monoisotopic (exact) mass is 644 g/mol. The molecule has 4 heterocycles. The summed E-state index contributed by atoms with van der Waals surface area (Å²) >= 11 is 0. The van der Waals surface area contributed by atoms with Crippen molar-refractivity contribution in [3.05, 3.63) is 17.8 Å². The summed E-state index contributed by atoms with van der Waals surface area (Å²) in [6, 6.07) is 1.12. The van der Waals surface area contributed by atoms with Gasteiger partial charge in [0.15, 0.2) is 5.75 Å². The third-order valence-corrected chi connectivity index (χ3v) is 10.0. The molecule has 2 fully saturated rings. The number of carbonyl (C=O) groups excluding carboxylic acids is 3. The van der Waals surface area contributed by atoms with Crippen LogP contribution in [0.25, 0.3) is 11.0 Å². The van der Waals surface area contributed by atoms with Crippen LogP contribution < -0.4 is 19.5 Å². The van der Waals surface area contributed by atoms with Crippen LogP contribution in [0.2, 0.25) is 0 Å². The molecular weight excluding hydrogens is 602 g/mol. The van der Waals surface area contributed by atoms with Crippen LogP contribution in [-0.4, -0.2) is 69.8 Å². The number of hydrogen-bond donors (Lipinski definition) is 1. The molecule has 2 amide bonds. The van der Waals surface area contributed by atoms with Crippen LogP contribution in [0, 0.1) is 17.3 Å². The molecule has 6 rings (SSSR count). The molecule has 6 atom stereocenters. The molecule has 1 aliphatic carbocycles. The lowest BCUT2D eigenvalue weighted by atomic mass is 9.85. The van der Waals surface area contributed by atoms with Crippen molar-refractivity contribution < 1.29 is 42.1 Å². The molecule has 46 heavy (non-hydrogen) atoms. The van der Waals surface area contributed by atoms with Crippen molar-refractivity contribution in [1.29, 1.82) is 0 Å². The molecule has 13 heteroatoms. The van der Waals surface area contributed by atoms with Crippen molar-refractivity contribution in [2.24, 2.45) is 17.3 Å². The zero-order chi connectivity index (χ0) is 33.0. The highest BCUT2D eigenvalue weighted by molar-refractivity contribution is 5.89. The highest BCUT2D eigenvalue weighted by atomic mass is 19.3. The average Bonchev–Trinajstić information content (AvgIpc) is 3.61. The molecule has 11 nitrogen and oxygen atoms in total. The molecular formula is C33H42F2N4O7. The number of carbonyl (C=O) groups is 3. The number of benzene rings is 1. The summed E-state index contributed by atoms with van der Waals surface area (Å²) in [5.74, 6) is -0.948. The third kappa shape index (κ3) is 6.04. The number of amides is 2. The summed E-state index contributed by atoms with van der Waals surface area (Å²) in [7, 11) is 0. The highest BCUT2D eigenvalue weighted by Crippen LogP contribution is 2.46. The number of rotatable bonds is 1. The zero-order valence-electron chi connectivity index (χ0n) is 26.9. The van der Waals surface area contributed by atoms with Crippen molar-refractivity contribution in [3.8, 4) is 17.4 Å². The zero-order valence-corrected chi connectivity index (χ0v) is 26.9. The van der Waals surface area contributed by atoms with Gasteiger partial charge in [0.2, 0.25) is 17.5 Å². The molecule has 0 unspecified atom stereocenters. The van der Waals surface area contributed by atoms with E-state index in [-0.39, 0.29) is 35.4 Å². The number of halogens is 2. The molecule has 1 saturated carbocycles. The fraction of sp³-hybridized carbons (Fsp3) is 0.667. The fourth-order valence-corrected chi connectivity index (χ4v) is 7.34. The number of fused-ring (bicyclic) bond motifs is 7. The molecule has 1 aromatic heterocycles. The first-order valence-electron chi connectivity index (χ1n) is 16.2. The Morgan fingerprint density at radius 1 is 1.04 bits per heavy atom. The van der Waals surface area contributed by atoms with Gasteiger partial charge in [0, 0.05) is 5.92 Å². The van der Waals surface area contributed by atoms with Crippen molar-refractivity contribution in [2.75, 3.05) is 6.54 Å². The van der Waals surface area contributed by atoms with Gasteiger partial charge in [0.05, 0.1) is 18.1 Å². The number of nitrogens with one attached hydrogen (secondary N) is 1. The summed E-state index contributed by atoms with van der Waals surface area (Å²) in [5.41, 5.74) is -0.379. The number of aldehydes is 1. The Morgan fingerprint density at radius 2 is 1.80 bits per heavy atom. The first kappa shape index (κ1) is 32.2.